The van der Waals surface area contributed by atoms with E-state index < -0.39 is 10.0 Å². The van der Waals surface area contributed by atoms with Crippen molar-refractivity contribution in [3.05, 3.63) is 11.7 Å². The summed E-state index contributed by atoms with van der Waals surface area (Å²) in [4.78, 5) is 6.80. The van der Waals surface area contributed by atoms with Crippen molar-refractivity contribution in [3.8, 4) is 0 Å². The van der Waals surface area contributed by atoms with Gasteiger partial charge in [-0.25, -0.2) is 13.1 Å². The fraction of sp³-hybridized carbons (Fsp3) is 0.846. The van der Waals surface area contributed by atoms with E-state index in [1.54, 1.807) is 0 Å². The molecule has 7 nitrogen and oxygen atoms in total. The lowest BCUT2D eigenvalue weighted by Gasteiger charge is -2.21. The van der Waals surface area contributed by atoms with Gasteiger partial charge < -0.3 is 4.52 Å². The molecule has 0 aromatic carbocycles. The summed E-state index contributed by atoms with van der Waals surface area (Å²) in [7, 11) is -1.67. The van der Waals surface area contributed by atoms with Gasteiger partial charge in [-0.15, -0.1) is 0 Å². The van der Waals surface area contributed by atoms with Crippen molar-refractivity contribution in [3.63, 3.8) is 0 Å². The maximum atomic E-state index is 11.4. The summed E-state index contributed by atoms with van der Waals surface area (Å²) >= 11 is 0. The van der Waals surface area contributed by atoms with E-state index in [1.165, 1.54) is 7.05 Å². The molecule has 1 atom stereocenters. The third-order valence-corrected chi connectivity index (χ3v) is 5.66. The van der Waals surface area contributed by atoms with E-state index in [4.69, 9.17) is 4.52 Å². The van der Waals surface area contributed by atoms with Gasteiger partial charge in [0.1, 0.15) is 0 Å². The van der Waals surface area contributed by atoms with Crippen LogP contribution in [0.15, 0.2) is 4.52 Å². The smallest absolute Gasteiger partial charge is 0.229 e. The number of nitrogens with one attached hydrogen (secondary N) is 1. The molecular weight excluding hydrogens is 292 g/mol. The second kappa shape index (κ2) is 6.02. The summed E-state index contributed by atoms with van der Waals surface area (Å²) in [6, 6.07) is 0.179. The third kappa shape index (κ3) is 3.61. The molecule has 1 saturated carbocycles. The standard InChI is InChI=1S/C13H22N4O3S/c1-14-21(18,19)9-3-8-17-7-2-4-11(17)12-15-13(20-16-12)10-5-6-10/h10-11,14H,2-9H2,1H3/t11-/m0/s1. The molecular formula is C13H22N4O3S. The Balaban J connectivity index is 1.57. The number of aromatic nitrogens is 2. The van der Waals surface area contributed by atoms with Crippen LogP contribution >= 0.6 is 0 Å². The second-order valence-electron chi connectivity index (χ2n) is 5.84. The SMILES string of the molecule is CNS(=O)(=O)CCCN1CCC[C@H]1c1noc(C2CC2)n1. The Morgan fingerprint density at radius 1 is 1.38 bits per heavy atom. The molecule has 2 aliphatic rings. The van der Waals surface area contributed by atoms with Crippen LogP contribution in [0.2, 0.25) is 0 Å². The van der Waals surface area contributed by atoms with E-state index in [-0.39, 0.29) is 11.8 Å². The number of likely N-dealkylation sites (tertiary alicyclic amines) is 1. The molecule has 1 aliphatic heterocycles. The van der Waals surface area contributed by atoms with E-state index in [2.05, 4.69) is 19.8 Å². The van der Waals surface area contributed by atoms with Crippen molar-refractivity contribution >= 4 is 10.0 Å². The summed E-state index contributed by atoms with van der Waals surface area (Å²) in [5.74, 6) is 2.18. The predicted octanol–water partition coefficient (Wildman–Crippen LogP) is 1.02. The zero-order valence-electron chi connectivity index (χ0n) is 12.3. The van der Waals surface area contributed by atoms with Crippen LogP contribution in [-0.4, -0.2) is 49.3 Å². The van der Waals surface area contributed by atoms with Gasteiger partial charge >= 0.3 is 0 Å². The van der Waals surface area contributed by atoms with Gasteiger partial charge in [0.2, 0.25) is 15.9 Å². The first kappa shape index (κ1) is 14.9. The van der Waals surface area contributed by atoms with Gasteiger partial charge in [0.05, 0.1) is 11.8 Å². The molecule has 1 aromatic rings. The highest BCUT2D eigenvalue weighted by atomic mass is 32.2. The maximum Gasteiger partial charge on any atom is 0.229 e. The normalized spacial score (nSPS) is 23.8. The van der Waals surface area contributed by atoms with Gasteiger partial charge in [-0.05, 0) is 52.2 Å². The summed E-state index contributed by atoms with van der Waals surface area (Å²) in [5, 5.41) is 4.12. The Morgan fingerprint density at radius 2 is 2.19 bits per heavy atom. The highest BCUT2D eigenvalue weighted by Gasteiger charge is 2.34. The van der Waals surface area contributed by atoms with Crippen molar-refractivity contribution in [2.75, 3.05) is 25.9 Å². The highest BCUT2D eigenvalue weighted by Crippen LogP contribution is 2.40. The minimum atomic E-state index is -3.12. The van der Waals surface area contributed by atoms with E-state index in [0.717, 1.165) is 50.5 Å². The minimum absolute atomic E-state index is 0.159. The van der Waals surface area contributed by atoms with E-state index in [1.807, 2.05) is 0 Å². The Kier molecular flexibility index (Phi) is 4.28. The van der Waals surface area contributed by atoms with E-state index in [9.17, 15) is 8.42 Å². The Bertz CT molecular complexity index is 582. The molecule has 2 fully saturated rings. The van der Waals surface area contributed by atoms with Crippen LogP contribution in [0.25, 0.3) is 0 Å². The molecule has 118 valence electrons. The fourth-order valence-corrected chi connectivity index (χ4v) is 3.54. The average molecular weight is 314 g/mol. The molecule has 0 spiro atoms. The van der Waals surface area contributed by atoms with Crippen molar-refractivity contribution in [2.45, 2.75) is 44.1 Å². The molecule has 1 aliphatic carbocycles. The van der Waals surface area contributed by atoms with Crippen LogP contribution < -0.4 is 4.72 Å². The van der Waals surface area contributed by atoms with Crippen molar-refractivity contribution < 1.29 is 12.9 Å². The van der Waals surface area contributed by atoms with Gasteiger partial charge in [0.15, 0.2) is 5.82 Å². The van der Waals surface area contributed by atoms with Crippen LogP contribution in [0.5, 0.6) is 0 Å². The zero-order valence-corrected chi connectivity index (χ0v) is 13.1. The fourth-order valence-electron chi connectivity index (χ4n) is 2.82. The summed E-state index contributed by atoms with van der Waals surface area (Å²) in [6.45, 7) is 1.72. The Hall–Kier alpha value is -0.990. The molecule has 1 saturated heterocycles. The molecule has 0 radical (unpaired) electrons. The van der Waals surface area contributed by atoms with Gasteiger partial charge in [-0.3, -0.25) is 4.90 Å². The lowest BCUT2D eigenvalue weighted by atomic mass is 10.2. The summed E-state index contributed by atoms with van der Waals surface area (Å²) in [6.07, 6.45) is 5.03. The molecule has 1 aromatic heterocycles. The number of hydrogen-bond acceptors (Lipinski definition) is 6. The topological polar surface area (TPSA) is 88.3 Å². The number of hydrogen-bond donors (Lipinski definition) is 1. The van der Waals surface area contributed by atoms with Gasteiger partial charge in [0, 0.05) is 5.92 Å². The Labute approximate surface area is 125 Å². The first-order valence-electron chi connectivity index (χ1n) is 7.58. The molecule has 2 heterocycles. The molecule has 0 unspecified atom stereocenters. The van der Waals surface area contributed by atoms with Crippen LogP contribution in [0.3, 0.4) is 0 Å². The predicted molar refractivity (Wildman–Crippen MR) is 77.3 cm³/mol. The van der Waals surface area contributed by atoms with Crippen molar-refractivity contribution in [2.24, 2.45) is 0 Å². The van der Waals surface area contributed by atoms with Crippen molar-refractivity contribution in [1.29, 1.82) is 0 Å². The summed E-state index contributed by atoms with van der Waals surface area (Å²) in [5.41, 5.74) is 0. The molecule has 0 amide bonds. The molecule has 0 bridgehead atoms. The second-order valence-corrected chi connectivity index (χ2v) is 7.88. The van der Waals surface area contributed by atoms with Crippen LogP contribution in [0.4, 0.5) is 0 Å². The lowest BCUT2D eigenvalue weighted by molar-refractivity contribution is 0.243. The van der Waals surface area contributed by atoms with Gasteiger partial charge in [0.25, 0.3) is 0 Å². The van der Waals surface area contributed by atoms with Crippen LogP contribution in [0.1, 0.15) is 55.8 Å². The third-order valence-electron chi connectivity index (χ3n) is 4.22. The van der Waals surface area contributed by atoms with Gasteiger partial charge in [-0.1, -0.05) is 5.16 Å². The van der Waals surface area contributed by atoms with Crippen molar-refractivity contribution in [1.82, 2.24) is 19.8 Å². The average Bonchev–Trinajstić information content (AvgIpc) is 3.01. The minimum Gasteiger partial charge on any atom is -0.339 e. The molecule has 8 heteroatoms. The lowest BCUT2D eigenvalue weighted by Crippen LogP contribution is -2.29. The molecule has 21 heavy (non-hydrogen) atoms. The first-order valence-corrected chi connectivity index (χ1v) is 9.23. The number of rotatable bonds is 7. The van der Waals surface area contributed by atoms with Crippen LogP contribution in [0, 0.1) is 0 Å². The van der Waals surface area contributed by atoms with Gasteiger partial charge in [-0.2, -0.15) is 4.98 Å². The van der Waals surface area contributed by atoms with E-state index in [0.29, 0.717) is 12.3 Å². The number of sulfonamides is 1. The first-order chi connectivity index (χ1) is 10.1. The Morgan fingerprint density at radius 3 is 2.90 bits per heavy atom. The summed E-state index contributed by atoms with van der Waals surface area (Å²) < 4.78 is 30.6. The largest absolute Gasteiger partial charge is 0.339 e. The maximum absolute atomic E-state index is 11.4. The zero-order chi connectivity index (χ0) is 14.9. The highest BCUT2D eigenvalue weighted by molar-refractivity contribution is 7.89. The quantitative estimate of drug-likeness (QED) is 0.808. The van der Waals surface area contributed by atoms with E-state index >= 15 is 0 Å². The number of nitrogens with zero attached hydrogens (tertiary/aromatic N) is 3. The molecule has 1 N–H and O–H groups in total. The monoisotopic (exact) mass is 314 g/mol. The molecule has 3 rings (SSSR count). The van der Waals surface area contributed by atoms with Crippen LogP contribution in [-0.2, 0) is 10.0 Å².